The zero-order valence-electron chi connectivity index (χ0n) is 7.18. The molecule has 0 aliphatic heterocycles. The van der Waals surface area contributed by atoms with Crippen LogP contribution in [0.4, 0.5) is 5.82 Å². The molecule has 0 atom stereocenters. The molecule has 0 radical (unpaired) electrons. The molecule has 0 aliphatic rings. The van der Waals surface area contributed by atoms with Crippen LogP contribution in [-0.2, 0) is 0 Å². The van der Waals surface area contributed by atoms with Crippen LogP contribution in [0.15, 0.2) is 35.3 Å². The Kier molecular flexibility index (Phi) is 2.41. The number of aromatic nitrogens is 3. The van der Waals surface area contributed by atoms with Crippen molar-refractivity contribution in [2.45, 2.75) is 0 Å². The van der Waals surface area contributed by atoms with Gasteiger partial charge in [-0.25, -0.2) is 9.97 Å². The monoisotopic (exact) mass is 250 g/mol. The third-order valence-electron chi connectivity index (χ3n) is 1.71. The lowest BCUT2D eigenvalue weighted by Gasteiger charge is -2.01. The molecular weight excluding hydrogens is 244 g/mol. The molecular formula is C9H7BrN4. The molecule has 0 aliphatic carbocycles. The standard InChI is InChI=1S/C9H7BrN4/c10-8-9(11)13-5-7(14-8)6-2-1-3-12-4-6/h1-5H,(H2,11,13). The molecule has 2 N–H and O–H groups in total. The third-order valence-corrected chi connectivity index (χ3v) is 2.30. The Morgan fingerprint density at radius 3 is 2.79 bits per heavy atom. The number of nitrogens with zero attached hydrogens (tertiary/aromatic N) is 3. The van der Waals surface area contributed by atoms with Crippen molar-refractivity contribution in [2.75, 3.05) is 5.73 Å². The molecule has 0 unspecified atom stereocenters. The van der Waals surface area contributed by atoms with Crippen molar-refractivity contribution >= 4 is 21.7 Å². The quantitative estimate of drug-likeness (QED) is 0.840. The van der Waals surface area contributed by atoms with Crippen molar-refractivity contribution in [1.29, 1.82) is 0 Å². The first-order chi connectivity index (χ1) is 6.77. The second-order valence-corrected chi connectivity index (χ2v) is 3.42. The predicted octanol–water partition coefficient (Wildman–Crippen LogP) is 1.88. The van der Waals surface area contributed by atoms with Crippen LogP contribution in [0.2, 0.25) is 0 Å². The van der Waals surface area contributed by atoms with Crippen molar-refractivity contribution in [1.82, 2.24) is 15.0 Å². The van der Waals surface area contributed by atoms with Crippen molar-refractivity contribution in [3.05, 3.63) is 35.3 Å². The van der Waals surface area contributed by atoms with Crippen LogP contribution < -0.4 is 5.73 Å². The number of hydrogen-bond acceptors (Lipinski definition) is 4. The van der Waals surface area contributed by atoms with Crippen molar-refractivity contribution in [2.24, 2.45) is 0 Å². The molecule has 70 valence electrons. The van der Waals surface area contributed by atoms with Crippen molar-refractivity contribution < 1.29 is 0 Å². The van der Waals surface area contributed by atoms with Gasteiger partial charge in [0, 0.05) is 18.0 Å². The molecule has 2 aromatic rings. The summed E-state index contributed by atoms with van der Waals surface area (Å²) in [5, 5.41) is 0. The van der Waals surface area contributed by atoms with Crippen molar-refractivity contribution in [3.63, 3.8) is 0 Å². The summed E-state index contributed by atoms with van der Waals surface area (Å²) in [5.74, 6) is 0.387. The van der Waals surface area contributed by atoms with E-state index in [1.165, 1.54) is 0 Å². The van der Waals surface area contributed by atoms with Gasteiger partial charge in [-0.05, 0) is 28.1 Å². The van der Waals surface area contributed by atoms with Gasteiger partial charge >= 0.3 is 0 Å². The molecule has 0 saturated heterocycles. The van der Waals surface area contributed by atoms with Crippen LogP contribution in [-0.4, -0.2) is 15.0 Å². The van der Waals surface area contributed by atoms with Gasteiger partial charge in [0.15, 0.2) is 5.82 Å². The van der Waals surface area contributed by atoms with Crippen molar-refractivity contribution in [3.8, 4) is 11.3 Å². The number of nitrogen functional groups attached to an aromatic ring is 1. The summed E-state index contributed by atoms with van der Waals surface area (Å²) in [6.07, 6.45) is 5.06. The molecule has 0 amide bonds. The van der Waals surface area contributed by atoms with E-state index in [9.17, 15) is 0 Å². The summed E-state index contributed by atoms with van der Waals surface area (Å²) in [4.78, 5) is 12.2. The largest absolute Gasteiger partial charge is 0.381 e. The normalized spacial score (nSPS) is 10.1. The Morgan fingerprint density at radius 1 is 1.29 bits per heavy atom. The zero-order valence-corrected chi connectivity index (χ0v) is 8.77. The van der Waals surface area contributed by atoms with E-state index in [2.05, 4.69) is 30.9 Å². The Labute approximate surface area is 89.4 Å². The van der Waals surface area contributed by atoms with Gasteiger partial charge in [0.1, 0.15) is 4.60 Å². The lowest BCUT2D eigenvalue weighted by Crippen LogP contribution is -1.95. The molecule has 2 aromatic heterocycles. The highest BCUT2D eigenvalue weighted by atomic mass is 79.9. The average molecular weight is 251 g/mol. The van der Waals surface area contributed by atoms with Crippen LogP contribution in [0.3, 0.4) is 0 Å². The minimum Gasteiger partial charge on any atom is -0.381 e. The number of anilines is 1. The van der Waals surface area contributed by atoms with Gasteiger partial charge < -0.3 is 5.73 Å². The molecule has 14 heavy (non-hydrogen) atoms. The van der Waals surface area contributed by atoms with Crippen LogP contribution in [0.5, 0.6) is 0 Å². The summed E-state index contributed by atoms with van der Waals surface area (Å²) in [6, 6.07) is 3.76. The van der Waals surface area contributed by atoms with E-state index >= 15 is 0 Å². The lowest BCUT2D eigenvalue weighted by molar-refractivity contribution is 1.17. The van der Waals surface area contributed by atoms with Gasteiger partial charge in [-0.1, -0.05) is 0 Å². The molecule has 4 nitrogen and oxygen atoms in total. The number of rotatable bonds is 1. The minimum absolute atomic E-state index is 0.387. The highest BCUT2D eigenvalue weighted by molar-refractivity contribution is 9.10. The van der Waals surface area contributed by atoms with Gasteiger partial charge in [-0.15, -0.1) is 0 Å². The van der Waals surface area contributed by atoms with E-state index in [1.54, 1.807) is 18.6 Å². The number of hydrogen-bond donors (Lipinski definition) is 1. The van der Waals surface area contributed by atoms with E-state index in [0.717, 1.165) is 11.3 Å². The summed E-state index contributed by atoms with van der Waals surface area (Å²) >= 11 is 3.22. The van der Waals surface area contributed by atoms with Crippen LogP contribution in [0.25, 0.3) is 11.3 Å². The molecule has 5 heteroatoms. The Morgan fingerprint density at radius 2 is 2.14 bits per heavy atom. The Balaban J connectivity index is 2.48. The van der Waals surface area contributed by atoms with Crippen LogP contribution in [0, 0.1) is 0 Å². The molecule has 2 rings (SSSR count). The SMILES string of the molecule is Nc1ncc(-c2cccnc2)nc1Br. The highest BCUT2D eigenvalue weighted by Crippen LogP contribution is 2.19. The molecule has 0 fully saturated rings. The predicted molar refractivity (Wildman–Crippen MR) is 57.4 cm³/mol. The number of halogens is 1. The molecule has 0 saturated carbocycles. The molecule has 0 spiro atoms. The summed E-state index contributed by atoms with van der Waals surface area (Å²) in [7, 11) is 0. The van der Waals surface area contributed by atoms with Gasteiger partial charge in [-0.2, -0.15) is 0 Å². The van der Waals surface area contributed by atoms with Gasteiger partial charge in [-0.3, -0.25) is 4.98 Å². The number of nitrogens with two attached hydrogens (primary N) is 1. The summed E-state index contributed by atoms with van der Waals surface area (Å²) < 4.78 is 0.554. The number of pyridine rings is 1. The lowest BCUT2D eigenvalue weighted by atomic mass is 10.2. The first kappa shape index (κ1) is 9.08. The van der Waals surface area contributed by atoms with Crippen LogP contribution >= 0.6 is 15.9 Å². The van der Waals surface area contributed by atoms with E-state index in [0.29, 0.717) is 10.4 Å². The van der Waals surface area contributed by atoms with Gasteiger partial charge in [0.2, 0.25) is 0 Å². The molecule has 0 bridgehead atoms. The second-order valence-electron chi connectivity index (χ2n) is 2.67. The fraction of sp³-hybridized carbons (Fsp3) is 0. The molecule has 2 heterocycles. The van der Waals surface area contributed by atoms with Crippen LogP contribution in [0.1, 0.15) is 0 Å². The topological polar surface area (TPSA) is 64.7 Å². The maximum atomic E-state index is 5.53. The third kappa shape index (κ3) is 1.72. The average Bonchev–Trinajstić information content (AvgIpc) is 2.23. The maximum absolute atomic E-state index is 5.53. The van der Waals surface area contributed by atoms with E-state index < -0.39 is 0 Å². The molecule has 0 aromatic carbocycles. The van der Waals surface area contributed by atoms with Gasteiger partial charge in [0.05, 0.1) is 11.9 Å². The Bertz CT molecular complexity index is 444. The van der Waals surface area contributed by atoms with E-state index in [-0.39, 0.29) is 0 Å². The second kappa shape index (κ2) is 3.71. The van der Waals surface area contributed by atoms with E-state index in [4.69, 9.17) is 5.73 Å². The zero-order chi connectivity index (χ0) is 9.97. The first-order valence-electron chi connectivity index (χ1n) is 3.96. The fourth-order valence-corrected chi connectivity index (χ4v) is 1.32. The van der Waals surface area contributed by atoms with Gasteiger partial charge in [0.25, 0.3) is 0 Å². The minimum atomic E-state index is 0.387. The van der Waals surface area contributed by atoms with E-state index in [1.807, 2.05) is 12.1 Å². The maximum Gasteiger partial charge on any atom is 0.156 e. The first-order valence-corrected chi connectivity index (χ1v) is 4.75. The summed E-state index contributed by atoms with van der Waals surface area (Å²) in [5.41, 5.74) is 7.20. The fourth-order valence-electron chi connectivity index (χ4n) is 1.03. The highest BCUT2D eigenvalue weighted by Gasteiger charge is 2.03. The smallest absolute Gasteiger partial charge is 0.156 e. The summed E-state index contributed by atoms with van der Waals surface area (Å²) in [6.45, 7) is 0. The Hall–Kier alpha value is -1.49.